The predicted octanol–water partition coefficient (Wildman–Crippen LogP) is 1.31. The van der Waals surface area contributed by atoms with Crippen molar-refractivity contribution in [3.05, 3.63) is 29.8 Å². The lowest BCUT2D eigenvalue weighted by Crippen LogP contribution is -2.45. The minimum atomic E-state index is -2.97. The zero-order valence-electron chi connectivity index (χ0n) is 13.7. The Labute approximate surface area is 138 Å². The highest BCUT2D eigenvalue weighted by atomic mass is 32.2. The van der Waals surface area contributed by atoms with E-state index in [1.807, 2.05) is 6.07 Å². The first-order chi connectivity index (χ1) is 10.9. The lowest BCUT2D eigenvalue weighted by molar-refractivity contribution is 0.238. The molecule has 6 nitrogen and oxygen atoms in total. The molecule has 0 radical (unpaired) electrons. The highest BCUT2D eigenvalue weighted by Crippen LogP contribution is 2.15. The fourth-order valence-corrected chi connectivity index (χ4v) is 4.42. The Hall–Kier alpha value is -1.76. The Morgan fingerprint density at radius 1 is 1.39 bits per heavy atom. The van der Waals surface area contributed by atoms with Crippen LogP contribution in [-0.4, -0.2) is 51.6 Å². The van der Waals surface area contributed by atoms with Crippen molar-refractivity contribution >= 4 is 21.6 Å². The van der Waals surface area contributed by atoms with E-state index < -0.39 is 9.84 Å². The number of hydrogen-bond acceptors (Lipinski definition) is 4. The number of nitrogens with zero attached hydrogens (tertiary/aromatic N) is 1. The maximum atomic E-state index is 11.8. The van der Waals surface area contributed by atoms with E-state index in [1.54, 1.807) is 0 Å². The van der Waals surface area contributed by atoms with Crippen LogP contribution in [0.1, 0.15) is 18.9 Å². The zero-order chi connectivity index (χ0) is 16.9. The van der Waals surface area contributed by atoms with E-state index in [0.29, 0.717) is 19.5 Å². The van der Waals surface area contributed by atoms with Crippen LogP contribution < -0.4 is 15.5 Å². The molecule has 1 aromatic rings. The van der Waals surface area contributed by atoms with E-state index in [4.69, 9.17) is 0 Å². The van der Waals surface area contributed by atoms with E-state index in [0.717, 1.165) is 12.2 Å². The van der Waals surface area contributed by atoms with Crippen LogP contribution in [0.25, 0.3) is 0 Å². The van der Waals surface area contributed by atoms with Gasteiger partial charge in [0, 0.05) is 31.4 Å². The molecule has 1 aromatic carbocycles. The minimum Gasteiger partial charge on any atom is -0.370 e. The molecule has 0 aromatic heterocycles. The van der Waals surface area contributed by atoms with Gasteiger partial charge in [0.25, 0.3) is 0 Å². The van der Waals surface area contributed by atoms with Gasteiger partial charge >= 0.3 is 6.03 Å². The van der Waals surface area contributed by atoms with Crippen LogP contribution >= 0.6 is 0 Å². The molecule has 0 saturated carbocycles. The van der Waals surface area contributed by atoms with Crippen molar-refractivity contribution < 1.29 is 13.2 Å². The Morgan fingerprint density at radius 3 is 2.78 bits per heavy atom. The molecule has 1 unspecified atom stereocenters. The number of hydrogen-bond donors (Lipinski definition) is 2. The van der Waals surface area contributed by atoms with Crippen molar-refractivity contribution in [2.75, 3.05) is 36.0 Å². The first-order valence-electron chi connectivity index (χ1n) is 7.96. The third kappa shape index (κ3) is 5.42. The van der Waals surface area contributed by atoms with E-state index in [2.05, 4.69) is 47.6 Å². The van der Waals surface area contributed by atoms with Gasteiger partial charge in [0.2, 0.25) is 0 Å². The third-order valence-corrected chi connectivity index (χ3v) is 5.75. The van der Waals surface area contributed by atoms with Gasteiger partial charge in [0.1, 0.15) is 0 Å². The van der Waals surface area contributed by atoms with Gasteiger partial charge in [0.05, 0.1) is 11.5 Å². The van der Waals surface area contributed by atoms with Crippen molar-refractivity contribution in [3.63, 3.8) is 0 Å². The number of nitrogens with one attached hydrogen (secondary N) is 2. The van der Waals surface area contributed by atoms with E-state index in [1.165, 1.54) is 5.56 Å². The topological polar surface area (TPSA) is 78.5 Å². The van der Waals surface area contributed by atoms with Crippen LogP contribution in [0.5, 0.6) is 0 Å². The van der Waals surface area contributed by atoms with Crippen LogP contribution in [0.2, 0.25) is 0 Å². The second-order valence-corrected chi connectivity index (χ2v) is 8.15. The summed E-state index contributed by atoms with van der Waals surface area (Å²) in [4.78, 5) is 14.0. The van der Waals surface area contributed by atoms with Gasteiger partial charge < -0.3 is 15.5 Å². The largest absolute Gasteiger partial charge is 0.370 e. The number of benzene rings is 1. The predicted molar refractivity (Wildman–Crippen MR) is 92.7 cm³/mol. The molecule has 0 bridgehead atoms. The summed E-state index contributed by atoms with van der Waals surface area (Å²) in [5.74, 6) is 0.208. The molecule has 1 aliphatic heterocycles. The highest BCUT2D eigenvalue weighted by molar-refractivity contribution is 7.91. The molecule has 1 heterocycles. The van der Waals surface area contributed by atoms with Gasteiger partial charge in [-0.25, -0.2) is 13.2 Å². The summed E-state index contributed by atoms with van der Waals surface area (Å²) in [5.41, 5.74) is 2.34. The van der Waals surface area contributed by atoms with E-state index in [-0.39, 0.29) is 23.6 Å². The Bertz CT molecular complexity index is 646. The molecule has 2 rings (SSSR count). The fraction of sp³-hybridized carbons (Fsp3) is 0.562. The lowest BCUT2D eigenvalue weighted by Gasteiger charge is -2.24. The van der Waals surface area contributed by atoms with Gasteiger partial charge in [-0.2, -0.15) is 0 Å². The molecule has 0 aliphatic carbocycles. The average molecular weight is 339 g/mol. The van der Waals surface area contributed by atoms with Crippen LogP contribution in [0.15, 0.2) is 24.3 Å². The van der Waals surface area contributed by atoms with Crippen molar-refractivity contribution in [1.29, 1.82) is 0 Å². The number of aryl methyl sites for hydroxylation is 1. The molecule has 128 valence electrons. The molecule has 1 fully saturated rings. The number of carbonyl (C=O) groups excluding carboxylic acids is 1. The van der Waals surface area contributed by atoms with Gasteiger partial charge in [-0.15, -0.1) is 0 Å². The molecule has 1 aliphatic rings. The summed E-state index contributed by atoms with van der Waals surface area (Å²) < 4.78 is 22.7. The van der Waals surface area contributed by atoms with Gasteiger partial charge in [-0.05, 0) is 38.0 Å². The minimum absolute atomic E-state index is 0.0464. The lowest BCUT2D eigenvalue weighted by atomic mass is 10.2. The number of carbonyl (C=O) groups is 1. The van der Waals surface area contributed by atoms with Crippen molar-refractivity contribution in [2.45, 2.75) is 26.3 Å². The quantitative estimate of drug-likeness (QED) is 0.819. The Kier molecular flexibility index (Phi) is 5.87. The smallest absolute Gasteiger partial charge is 0.315 e. The van der Waals surface area contributed by atoms with Crippen LogP contribution in [0, 0.1) is 6.92 Å². The monoisotopic (exact) mass is 339 g/mol. The van der Waals surface area contributed by atoms with E-state index >= 15 is 0 Å². The molecule has 2 amide bonds. The normalized spacial score (nSPS) is 19.3. The van der Waals surface area contributed by atoms with Gasteiger partial charge in [-0.1, -0.05) is 12.1 Å². The van der Waals surface area contributed by atoms with Crippen molar-refractivity contribution in [3.8, 4) is 0 Å². The third-order valence-electron chi connectivity index (χ3n) is 3.98. The van der Waals surface area contributed by atoms with Crippen LogP contribution in [0.3, 0.4) is 0 Å². The Morgan fingerprint density at radius 2 is 2.17 bits per heavy atom. The molecule has 1 atom stereocenters. The summed E-state index contributed by atoms with van der Waals surface area (Å²) in [6.07, 6.45) is 0.500. The first-order valence-corrected chi connectivity index (χ1v) is 9.78. The highest BCUT2D eigenvalue weighted by Gasteiger charge is 2.28. The maximum Gasteiger partial charge on any atom is 0.315 e. The molecule has 0 spiro atoms. The second kappa shape index (κ2) is 7.68. The van der Waals surface area contributed by atoms with Gasteiger partial charge in [-0.3, -0.25) is 0 Å². The number of anilines is 1. The SMILES string of the molecule is CCN(CCNC(=O)NC1CCS(=O)(=O)C1)c1cccc(C)c1. The zero-order valence-corrected chi connectivity index (χ0v) is 14.5. The maximum absolute atomic E-state index is 11.8. The molecule has 1 saturated heterocycles. The fourth-order valence-electron chi connectivity index (χ4n) is 2.74. The summed E-state index contributed by atoms with van der Waals surface area (Å²) >= 11 is 0. The Balaban J connectivity index is 1.76. The van der Waals surface area contributed by atoms with Crippen LogP contribution in [-0.2, 0) is 9.84 Å². The van der Waals surface area contributed by atoms with Crippen molar-refractivity contribution in [2.24, 2.45) is 0 Å². The standard InChI is InChI=1S/C16H25N3O3S/c1-3-19(15-6-4-5-13(2)11-15)9-8-17-16(20)18-14-7-10-23(21,22)12-14/h4-6,11,14H,3,7-10,12H2,1-2H3,(H2,17,18,20). The van der Waals surface area contributed by atoms with Crippen molar-refractivity contribution in [1.82, 2.24) is 10.6 Å². The second-order valence-electron chi connectivity index (χ2n) is 5.92. The molecule has 7 heteroatoms. The summed E-state index contributed by atoms with van der Waals surface area (Å²) in [6.45, 7) is 6.20. The average Bonchev–Trinajstić information content (AvgIpc) is 2.82. The number of likely N-dealkylation sites (N-methyl/N-ethyl adjacent to an activating group) is 1. The summed E-state index contributed by atoms with van der Waals surface area (Å²) in [6, 6.07) is 7.69. The molecular weight excluding hydrogens is 314 g/mol. The number of urea groups is 1. The number of amides is 2. The molecule has 23 heavy (non-hydrogen) atoms. The first kappa shape index (κ1) is 17.6. The number of sulfone groups is 1. The summed E-state index contributed by atoms with van der Waals surface area (Å²) in [7, 11) is -2.97. The molecular formula is C16H25N3O3S. The van der Waals surface area contributed by atoms with Crippen LogP contribution in [0.4, 0.5) is 10.5 Å². The van der Waals surface area contributed by atoms with E-state index in [9.17, 15) is 13.2 Å². The summed E-state index contributed by atoms with van der Waals surface area (Å²) in [5, 5.41) is 5.53. The number of rotatable bonds is 6. The van der Waals surface area contributed by atoms with Gasteiger partial charge in [0.15, 0.2) is 9.84 Å². The molecule has 2 N–H and O–H groups in total.